The summed E-state index contributed by atoms with van der Waals surface area (Å²) in [5, 5.41) is 3.57. The van der Waals surface area contributed by atoms with E-state index in [2.05, 4.69) is 43.4 Å². The average molecular weight is 401 g/mol. The number of likely N-dealkylation sites (N-methyl/N-ethyl adjacent to an activating group) is 1. The Morgan fingerprint density at radius 2 is 1.86 bits per heavy atom. The molecule has 3 rings (SSSR count). The molecule has 1 atom stereocenters. The Hall–Kier alpha value is -2.18. The van der Waals surface area contributed by atoms with Gasteiger partial charge in [0.15, 0.2) is 6.54 Å². The number of carbonyl (C=O) groups excluding carboxylic acids is 2. The van der Waals surface area contributed by atoms with Gasteiger partial charge in [-0.2, -0.15) is 0 Å². The quantitative estimate of drug-likeness (QED) is 0.668. The first-order chi connectivity index (χ1) is 13.3. The van der Waals surface area contributed by atoms with Crippen molar-refractivity contribution in [2.45, 2.75) is 52.0 Å². The molecular formula is C22H30N3O2S+. The van der Waals surface area contributed by atoms with Crippen molar-refractivity contribution in [3.63, 3.8) is 0 Å². The lowest BCUT2D eigenvalue weighted by molar-refractivity contribution is -0.885. The summed E-state index contributed by atoms with van der Waals surface area (Å²) in [6.07, 6.45) is 4.03. The van der Waals surface area contributed by atoms with Crippen LogP contribution in [-0.2, 0) is 24.2 Å². The summed E-state index contributed by atoms with van der Waals surface area (Å²) in [5.74, 6) is -0.0148. The monoisotopic (exact) mass is 400 g/mol. The van der Waals surface area contributed by atoms with Crippen LogP contribution in [0.4, 0.5) is 5.00 Å². The number of benzene rings is 1. The van der Waals surface area contributed by atoms with Crippen LogP contribution < -0.4 is 16.0 Å². The highest BCUT2D eigenvalue weighted by Crippen LogP contribution is 2.37. The number of aryl methyl sites for hydroxylation is 1. The van der Waals surface area contributed by atoms with Crippen molar-refractivity contribution >= 4 is 28.2 Å². The molecule has 5 nitrogen and oxygen atoms in total. The summed E-state index contributed by atoms with van der Waals surface area (Å²) < 4.78 is 0. The van der Waals surface area contributed by atoms with Crippen LogP contribution in [0.5, 0.6) is 0 Å². The van der Waals surface area contributed by atoms with Crippen molar-refractivity contribution in [2.24, 2.45) is 5.73 Å². The number of anilines is 1. The zero-order valence-corrected chi connectivity index (χ0v) is 17.7. The van der Waals surface area contributed by atoms with Gasteiger partial charge in [0, 0.05) is 10.4 Å². The van der Waals surface area contributed by atoms with Crippen LogP contribution >= 0.6 is 11.3 Å². The van der Waals surface area contributed by atoms with E-state index in [1.165, 1.54) is 27.3 Å². The Bertz CT molecular complexity index is 855. The van der Waals surface area contributed by atoms with Crippen molar-refractivity contribution in [1.82, 2.24) is 0 Å². The number of amides is 2. The topological polar surface area (TPSA) is 76.6 Å². The SMILES string of the molecule is CC(C)c1ccc(C[NH+](C)CC(=O)Nc2sc3c(c2C(N)=O)CCCC3)cc1. The van der Waals surface area contributed by atoms with Gasteiger partial charge in [0.25, 0.3) is 11.8 Å². The van der Waals surface area contributed by atoms with Gasteiger partial charge >= 0.3 is 0 Å². The predicted octanol–water partition coefficient (Wildman–Crippen LogP) is 2.50. The van der Waals surface area contributed by atoms with Gasteiger partial charge < -0.3 is 16.0 Å². The summed E-state index contributed by atoms with van der Waals surface area (Å²) >= 11 is 1.51. The fraction of sp³-hybridized carbons (Fsp3) is 0.455. The molecule has 0 radical (unpaired) electrons. The molecule has 1 aliphatic rings. The summed E-state index contributed by atoms with van der Waals surface area (Å²) in [6.45, 7) is 5.47. The number of quaternary nitrogens is 1. The maximum absolute atomic E-state index is 12.6. The average Bonchev–Trinajstić information content (AvgIpc) is 2.99. The highest BCUT2D eigenvalue weighted by Gasteiger charge is 2.25. The first kappa shape index (κ1) is 20.6. The molecule has 150 valence electrons. The molecule has 0 bridgehead atoms. The Balaban J connectivity index is 1.62. The minimum absolute atomic E-state index is 0.0857. The Labute approximate surface area is 170 Å². The van der Waals surface area contributed by atoms with Crippen LogP contribution in [0.25, 0.3) is 0 Å². The summed E-state index contributed by atoms with van der Waals surface area (Å²) in [6, 6.07) is 8.58. The molecule has 1 aromatic heterocycles. The van der Waals surface area contributed by atoms with E-state index in [4.69, 9.17) is 5.73 Å². The number of carbonyl (C=O) groups is 2. The van der Waals surface area contributed by atoms with E-state index in [-0.39, 0.29) is 5.91 Å². The lowest BCUT2D eigenvalue weighted by Crippen LogP contribution is -3.08. The van der Waals surface area contributed by atoms with E-state index in [0.717, 1.165) is 42.7 Å². The van der Waals surface area contributed by atoms with Gasteiger partial charge in [0.2, 0.25) is 0 Å². The number of primary amides is 1. The molecule has 1 unspecified atom stereocenters. The molecule has 1 aliphatic carbocycles. The maximum Gasteiger partial charge on any atom is 0.280 e. The molecule has 2 amide bonds. The van der Waals surface area contributed by atoms with Crippen LogP contribution in [0.2, 0.25) is 0 Å². The maximum atomic E-state index is 12.6. The van der Waals surface area contributed by atoms with E-state index >= 15 is 0 Å². The number of hydrogen-bond acceptors (Lipinski definition) is 3. The molecule has 0 aliphatic heterocycles. The van der Waals surface area contributed by atoms with E-state index in [1.807, 2.05) is 7.05 Å². The fourth-order valence-electron chi connectivity index (χ4n) is 3.79. The molecule has 1 heterocycles. The van der Waals surface area contributed by atoms with Crippen LogP contribution in [0.15, 0.2) is 24.3 Å². The van der Waals surface area contributed by atoms with Crippen molar-refractivity contribution in [1.29, 1.82) is 0 Å². The molecule has 2 aromatic rings. The zero-order chi connectivity index (χ0) is 20.3. The second-order valence-electron chi connectivity index (χ2n) is 8.03. The number of fused-ring (bicyclic) bond motifs is 1. The molecular weight excluding hydrogens is 370 g/mol. The number of nitrogens with one attached hydrogen (secondary N) is 2. The third-order valence-electron chi connectivity index (χ3n) is 5.29. The number of hydrogen-bond donors (Lipinski definition) is 3. The van der Waals surface area contributed by atoms with Crippen molar-refractivity contribution in [2.75, 3.05) is 18.9 Å². The highest BCUT2D eigenvalue weighted by atomic mass is 32.1. The molecule has 6 heteroatoms. The lowest BCUT2D eigenvalue weighted by atomic mass is 9.95. The number of nitrogens with two attached hydrogens (primary N) is 1. The van der Waals surface area contributed by atoms with Crippen LogP contribution in [0.3, 0.4) is 0 Å². The number of rotatable bonds is 7. The van der Waals surface area contributed by atoms with Gasteiger partial charge in [-0.05, 0) is 42.7 Å². The Morgan fingerprint density at radius 3 is 2.50 bits per heavy atom. The van der Waals surface area contributed by atoms with Crippen molar-refractivity contribution in [3.8, 4) is 0 Å². The molecule has 28 heavy (non-hydrogen) atoms. The fourth-order valence-corrected chi connectivity index (χ4v) is 5.10. The van der Waals surface area contributed by atoms with E-state index < -0.39 is 5.91 Å². The van der Waals surface area contributed by atoms with Gasteiger partial charge in [-0.3, -0.25) is 9.59 Å². The van der Waals surface area contributed by atoms with Gasteiger partial charge in [0.1, 0.15) is 11.5 Å². The van der Waals surface area contributed by atoms with Crippen LogP contribution in [0.1, 0.15) is 64.5 Å². The molecule has 4 N–H and O–H groups in total. The smallest absolute Gasteiger partial charge is 0.280 e. The summed E-state index contributed by atoms with van der Waals surface area (Å²) in [4.78, 5) is 26.8. The minimum Gasteiger partial charge on any atom is -0.365 e. The van der Waals surface area contributed by atoms with Crippen LogP contribution in [-0.4, -0.2) is 25.4 Å². The van der Waals surface area contributed by atoms with Gasteiger partial charge in [-0.1, -0.05) is 38.1 Å². The molecule has 0 spiro atoms. The van der Waals surface area contributed by atoms with Crippen molar-refractivity contribution < 1.29 is 14.5 Å². The predicted molar refractivity (Wildman–Crippen MR) is 114 cm³/mol. The first-order valence-corrected chi connectivity index (χ1v) is 10.8. The highest BCUT2D eigenvalue weighted by molar-refractivity contribution is 7.17. The Morgan fingerprint density at radius 1 is 1.18 bits per heavy atom. The minimum atomic E-state index is -0.444. The zero-order valence-electron chi connectivity index (χ0n) is 16.9. The van der Waals surface area contributed by atoms with Crippen LogP contribution in [0, 0.1) is 0 Å². The van der Waals surface area contributed by atoms with E-state index in [9.17, 15) is 9.59 Å². The first-order valence-electron chi connectivity index (χ1n) is 9.99. The standard InChI is InChI=1S/C22H29N3O2S/c1-14(2)16-10-8-15(9-11-16)12-25(3)13-19(26)24-22-20(21(23)27)17-6-4-5-7-18(17)28-22/h8-11,14H,4-7,12-13H2,1-3H3,(H2,23,27)(H,24,26)/p+1. The van der Waals surface area contributed by atoms with Crippen molar-refractivity contribution in [3.05, 3.63) is 51.4 Å². The Kier molecular flexibility index (Phi) is 6.52. The second kappa shape index (κ2) is 8.88. The van der Waals surface area contributed by atoms with Gasteiger partial charge in [-0.25, -0.2) is 0 Å². The second-order valence-corrected chi connectivity index (χ2v) is 9.14. The molecule has 1 aromatic carbocycles. The van der Waals surface area contributed by atoms with Gasteiger partial charge in [0.05, 0.1) is 12.6 Å². The largest absolute Gasteiger partial charge is 0.365 e. The molecule has 0 fully saturated rings. The van der Waals surface area contributed by atoms with E-state index in [0.29, 0.717) is 23.0 Å². The lowest BCUT2D eigenvalue weighted by Gasteiger charge is -2.15. The molecule has 0 saturated carbocycles. The normalized spacial score (nSPS) is 14.6. The third kappa shape index (κ3) is 4.80. The number of thiophene rings is 1. The van der Waals surface area contributed by atoms with Gasteiger partial charge in [-0.15, -0.1) is 11.3 Å². The molecule has 0 saturated heterocycles. The summed E-state index contributed by atoms with van der Waals surface area (Å²) in [5.41, 5.74) is 9.70. The van der Waals surface area contributed by atoms with E-state index in [1.54, 1.807) is 0 Å². The third-order valence-corrected chi connectivity index (χ3v) is 6.49. The summed E-state index contributed by atoms with van der Waals surface area (Å²) in [7, 11) is 2.00.